The van der Waals surface area contributed by atoms with Gasteiger partial charge in [-0.1, -0.05) is 0 Å². The first-order valence-electron chi connectivity index (χ1n) is 2.85. The highest BCUT2D eigenvalue weighted by atomic mass is 16.2. The average molecular weight is 114 g/mol. The van der Waals surface area contributed by atoms with Crippen molar-refractivity contribution >= 4 is 6.03 Å². The van der Waals surface area contributed by atoms with Crippen molar-refractivity contribution in [2.45, 2.75) is 25.3 Å². The van der Waals surface area contributed by atoms with Gasteiger partial charge in [-0.15, -0.1) is 0 Å². The molecule has 8 heavy (non-hydrogen) atoms. The molecule has 1 aliphatic carbocycles. The number of nitrogens with two attached hydrogens (primary N) is 1. The first-order valence-corrected chi connectivity index (χ1v) is 2.85. The van der Waals surface area contributed by atoms with E-state index in [1.807, 2.05) is 0 Å². The number of primary amides is 1. The topological polar surface area (TPSA) is 55.1 Å². The Balaban J connectivity index is 2.09. The van der Waals surface area contributed by atoms with Crippen LogP contribution in [0.25, 0.3) is 0 Å². The number of amides is 2. The first-order chi connectivity index (χ1) is 3.79. The van der Waals surface area contributed by atoms with Crippen LogP contribution in [-0.4, -0.2) is 12.1 Å². The molecule has 1 rings (SSSR count). The van der Waals surface area contributed by atoms with Crippen LogP contribution in [0.15, 0.2) is 0 Å². The molecule has 0 heterocycles. The predicted molar refractivity (Wildman–Crippen MR) is 30.4 cm³/mol. The van der Waals surface area contributed by atoms with Crippen LogP contribution in [0.4, 0.5) is 4.79 Å². The minimum atomic E-state index is -0.394. The lowest BCUT2D eigenvalue weighted by Gasteiger charge is -2.24. The maximum absolute atomic E-state index is 10.1. The fourth-order valence-corrected chi connectivity index (χ4v) is 0.754. The number of carbonyl (C=O) groups excluding carboxylic acids is 1. The molecule has 0 aromatic heterocycles. The lowest BCUT2D eigenvalue weighted by Crippen LogP contribution is -2.42. The van der Waals surface area contributed by atoms with E-state index in [9.17, 15) is 4.79 Å². The van der Waals surface area contributed by atoms with Gasteiger partial charge in [0.2, 0.25) is 0 Å². The van der Waals surface area contributed by atoms with Crippen LogP contribution in [0.3, 0.4) is 0 Å². The smallest absolute Gasteiger partial charge is 0.312 e. The van der Waals surface area contributed by atoms with E-state index in [1.165, 1.54) is 6.42 Å². The Morgan fingerprint density at radius 3 is 2.38 bits per heavy atom. The molecule has 0 radical (unpaired) electrons. The number of carbonyl (C=O) groups is 1. The quantitative estimate of drug-likeness (QED) is 0.503. The molecule has 0 spiro atoms. The van der Waals surface area contributed by atoms with E-state index in [4.69, 9.17) is 5.73 Å². The van der Waals surface area contributed by atoms with Crippen molar-refractivity contribution < 1.29 is 4.79 Å². The third-order valence-corrected chi connectivity index (χ3v) is 1.45. The van der Waals surface area contributed by atoms with Crippen molar-refractivity contribution in [1.29, 1.82) is 0 Å². The second kappa shape index (κ2) is 2.03. The third-order valence-electron chi connectivity index (χ3n) is 1.45. The molecule has 0 bridgehead atoms. The molecule has 3 nitrogen and oxygen atoms in total. The molecule has 2 amide bonds. The van der Waals surface area contributed by atoms with E-state index in [0.717, 1.165) is 12.8 Å². The zero-order valence-electron chi connectivity index (χ0n) is 4.68. The molecule has 0 atom stereocenters. The van der Waals surface area contributed by atoms with Gasteiger partial charge in [-0.05, 0) is 19.3 Å². The van der Waals surface area contributed by atoms with E-state index in [0.29, 0.717) is 6.04 Å². The monoisotopic (exact) mass is 114 g/mol. The second-order valence-corrected chi connectivity index (χ2v) is 2.14. The molecule has 0 aromatic rings. The number of nitrogens with one attached hydrogen (secondary N) is 1. The second-order valence-electron chi connectivity index (χ2n) is 2.14. The molecular weight excluding hydrogens is 104 g/mol. The van der Waals surface area contributed by atoms with Gasteiger partial charge in [-0.25, -0.2) is 4.79 Å². The molecule has 1 fully saturated rings. The SMILES string of the molecule is NC(=O)NC1CCC1. The van der Waals surface area contributed by atoms with Crippen LogP contribution in [0.5, 0.6) is 0 Å². The third kappa shape index (κ3) is 1.12. The van der Waals surface area contributed by atoms with Crippen molar-refractivity contribution in [2.24, 2.45) is 5.73 Å². The highest BCUT2D eigenvalue weighted by molar-refractivity contribution is 5.72. The maximum atomic E-state index is 10.1. The van der Waals surface area contributed by atoms with Gasteiger partial charge in [0.15, 0.2) is 0 Å². The fourth-order valence-electron chi connectivity index (χ4n) is 0.754. The van der Waals surface area contributed by atoms with Crippen LogP contribution >= 0.6 is 0 Å². The minimum Gasteiger partial charge on any atom is -0.352 e. The molecule has 0 saturated heterocycles. The first kappa shape index (κ1) is 5.41. The normalized spacial score (nSPS) is 19.5. The minimum absolute atomic E-state index is 0.382. The van der Waals surface area contributed by atoms with E-state index in [-0.39, 0.29) is 0 Å². The van der Waals surface area contributed by atoms with Crippen molar-refractivity contribution in [2.75, 3.05) is 0 Å². The number of hydrogen-bond donors (Lipinski definition) is 2. The molecule has 0 aliphatic heterocycles. The Kier molecular flexibility index (Phi) is 1.37. The molecule has 0 aromatic carbocycles. The Hall–Kier alpha value is -0.730. The highest BCUT2D eigenvalue weighted by Gasteiger charge is 2.17. The summed E-state index contributed by atoms with van der Waals surface area (Å²) in [6, 6.07) is -0.0119. The lowest BCUT2D eigenvalue weighted by atomic mass is 9.93. The summed E-state index contributed by atoms with van der Waals surface area (Å²) >= 11 is 0. The zero-order chi connectivity index (χ0) is 5.98. The van der Waals surface area contributed by atoms with Crippen molar-refractivity contribution in [3.63, 3.8) is 0 Å². The Morgan fingerprint density at radius 2 is 2.25 bits per heavy atom. The van der Waals surface area contributed by atoms with Gasteiger partial charge in [0.25, 0.3) is 0 Å². The van der Waals surface area contributed by atoms with Gasteiger partial charge >= 0.3 is 6.03 Å². The molecule has 3 N–H and O–H groups in total. The van der Waals surface area contributed by atoms with Crippen LogP contribution < -0.4 is 11.1 Å². The molecule has 1 aliphatic rings. The molecule has 46 valence electrons. The van der Waals surface area contributed by atoms with Crippen LogP contribution in [-0.2, 0) is 0 Å². The van der Waals surface area contributed by atoms with E-state index in [2.05, 4.69) is 5.32 Å². The summed E-state index contributed by atoms with van der Waals surface area (Å²) in [6.07, 6.45) is 3.43. The summed E-state index contributed by atoms with van der Waals surface area (Å²) in [5.41, 5.74) is 4.85. The van der Waals surface area contributed by atoms with Crippen LogP contribution in [0.1, 0.15) is 19.3 Å². The standard InChI is InChI=1S/C5H10N2O/c6-5(8)7-4-2-1-3-4/h4H,1-3H2,(H3,6,7,8). The largest absolute Gasteiger partial charge is 0.352 e. The van der Waals surface area contributed by atoms with E-state index >= 15 is 0 Å². The summed E-state index contributed by atoms with van der Waals surface area (Å²) in [5, 5.41) is 2.62. The van der Waals surface area contributed by atoms with Gasteiger partial charge in [-0.3, -0.25) is 0 Å². The van der Waals surface area contributed by atoms with Crippen LogP contribution in [0.2, 0.25) is 0 Å². The molecule has 3 heteroatoms. The van der Waals surface area contributed by atoms with Gasteiger partial charge in [0, 0.05) is 6.04 Å². The Labute approximate surface area is 48.2 Å². The van der Waals surface area contributed by atoms with Gasteiger partial charge in [0.05, 0.1) is 0 Å². The summed E-state index contributed by atoms with van der Waals surface area (Å²) in [6.45, 7) is 0. The van der Waals surface area contributed by atoms with Crippen molar-refractivity contribution in [3.8, 4) is 0 Å². The van der Waals surface area contributed by atoms with E-state index in [1.54, 1.807) is 0 Å². The average Bonchev–Trinajstić information content (AvgIpc) is 1.55. The Morgan fingerprint density at radius 1 is 1.62 bits per heavy atom. The molecule has 0 unspecified atom stereocenters. The van der Waals surface area contributed by atoms with E-state index < -0.39 is 6.03 Å². The zero-order valence-corrected chi connectivity index (χ0v) is 4.68. The lowest BCUT2D eigenvalue weighted by molar-refractivity contribution is 0.236. The van der Waals surface area contributed by atoms with Crippen molar-refractivity contribution in [3.05, 3.63) is 0 Å². The number of hydrogen-bond acceptors (Lipinski definition) is 1. The number of urea groups is 1. The molecular formula is C5H10N2O. The summed E-state index contributed by atoms with van der Waals surface area (Å²) < 4.78 is 0. The summed E-state index contributed by atoms with van der Waals surface area (Å²) in [7, 11) is 0. The summed E-state index contributed by atoms with van der Waals surface area (Å²) in [4.78, 5) is 10.1. The van der Waals surface area contributed by atoms with Gasteiger partial charge < -0.3 is 11.1 Å². The molecule has 1 saturated carbocycles. The van der Waals surface area contributed by atoms with Gasteiger partial charge in [0.1, 0.15) is 0 Å². The number of rotatable bonds is 1. The van der Waals surface area contributed by atoms with Crippen molar-refractivity contribution in [1.82, 2.24) is 5.32 Å². The predicted octanol–water partition coefficient (Wildman–Crippen LogP) is 0.207. The van der Waals surface area contributed by atoms with Gasteiger partial charge in [-0.2, -0.15) is 0 Å². The summed E-state index contributed by atoms with van der Waals surface area (Å²) in [5.74, 6) is 0. The maximum Gasteiger partial charge on any atom is 0.312 e. The highest BCUT2D eigenvalue weighted by Crippen LogP contribution is 2.17. The fraction of sp³-hybridized carbons (Fsp3) is 0.800. The van der Waals surface area contributed by atoms with Crippen LogP contribution in [0, 0.1) is 0 Å². The Bertz CT molecular complexity index is 98.6.